The molecule has 0 aliphatic rings. The molecule has 5 heteroatoms. The lowest BCUT2D eigenvalue weighted by atomic mass is 10.1. The van der Waals surface area contributed by atoms with E-state index in [-0.39, 0.29) is 0 Å². The number of aromatic nitrogens is 2. The number of halogens is 1. The standard InChI is InChI=1S/C21H18ClN3O/c1-26-18-10-7-16(8-11-18)20-21(23-13-15-5-3-2-4-6-15)25-14-17(22)9-12-19(25)24-20/h2-12,14,23H,13H2,1H3. The van der Waals surface area contributed by atoms with Crippen molar-refractivity contribution in [2.45, 2.75) is 6.54 Å². The highest BCUT2D eigenvalue weighted by Crippen LogP contribution is 2.31. The van der Waals surface area contributed by atoms with Crippen LogP contribution in [-0.2, 0) is 6.54 Å². The fourth-order valence-electron chi connectivity index (χ4n) is 2.92. The number of hydrogen-bond donors (Lipinski definition) is 1. The second-order valence-electron chi connectivity index (χ2n) is 5.95. The molecule has 0 spiro atoms. The van der Waals surface area contributed by atoms with Gasteiger partial charge < -0.3 is 10.1 Å². The number of anilines is 1. The lowest BCUT2D eigenvalue weighted by Gasteiger charge is -2.10. The molecule has 2 aromatic heterocycles. The van der Waals surface area contributed by atoms with Crippen LogP contribution in [0.4, 0.5) is 5.82 Å². The smallest absolute Gasteiger partial charge is 0.139 e. The molecule has 0 aliphatic carbocycles. The fourth-order valence-corrected chi connectivity index (χ4v) is 3.08. The Kier molecular flexibility index (Phi) is 4.50. The van der Waals surface area contributed by atoms with Crippen LogP contribution in [0.3, 0.4) is 0 Å². The van der Waals surface area contributed by atoms with Crippen LogP contribution in [0.5, 0.6) is 5.75 Å². The highest BCUT2D eigenvalue weighted by atomic mass is 35.5. The fraction of sp³-hybridized carbons (Fsp3) is 0.0952. The van der Waals surface area contributed by atoms with Crippen molar-refractivity contribution in [2.24, 2.45) is 0 Å². The van der Waals surface area contributed by atoms with Gasteiger partial charge in [-0.15, -0.1) is 0 Å². The largest absolute Gasteiger partial charge is 0.497 e. The van der Waals surface area contributed by atoms with Gasteiger partial charge >= 0.3 is 0 Å². The van der Waals surface area contributed by atoms with Crippen molar-refractivity contribution >= 4 is 23.1 Å². The van der Waals surface area contributed by atoms with Crippen LogP contribution in [0.15, 0.2) is 72.9 Å². The SMILES string of the molecule is COc1ccc(-c2nc3ccc(Cl)cn3c2NCc2ccccc2)cc1. The Morgan fingerprint density at radius 2 is 1.77 bits per heavy atom. The van der Waals surface area contributed by atoms with E-state index in [2.05, 4.69) is 17.4 Å². The average Bonchev–Trinajstić information content (AvgIpc) is 3.05. The molecule has 4 aromatic rings. The molecule has 1 N–H and O–H groups in total. The van der Waals surface area contributed by atoms with Crippen LogP contribution >= 0.6 is 11.6 Å². The monoisotopic (exact) mass is 363 g/mol. The maximum atomic E-state index is 6.21. The number of benzene rings is 2. The Morgan fingerprint density at radius 3 is 2.50 bits per heavy atom. The number of ether oxygens (including phenoxy) is 1. The van der Waals surface area contributed by atoms with Gasteiger partial charge in [-0.3, -0.25) is 4.40 Å². The number of pyridine rings is 1. The van der Waals surface area contributed by atoms with Gasteiger partial charge in [0, 0.05) is 18.3 Å². The predicted octanol–water partition coefficient (Wildman–Crippen LogP) is 5.28. The maximum Gasteiger partial charge on any atom is 0.139 e. The summed E-state index contributed by atoms with van der Waals surface area (Å²) in [4.78, 5) is 4.79. The van der Waals surface area contributed by atoms with Crippen molar-refractivity contribution in [3.8, 4) is 17.0 Å². The second kappa shape index (κ2) is 7.10. The second-order valence-corrected chi connectivity index (χ2v) is 6.39. The molecule has 0 saturated heterocycles. The van der Waals surface area contributed by atoms with Crippen molar-refractivity contribution in [3.05, 3.63) is 83.5 Å². The summed E-state index contributed by atoms with van der Waals surface area (Å²) in [6.07, 6.45) is 1.88. The van der Waals surface area contributed by atoms with Gasteiger partial charge in [-0.2, -0.15) is 0 Å². The Morgan fingerprint density at radius 1 is 1.00 bits per heavy atom. The zero-order valence-electron chi connectivity index (χ0n) is 14.3. The number of rotatable bonds is 5. The first-order valence-corrected chi connectivity index (χ1v) is 8.72. The molecule has 26 heavy (non-hydrogen) atoms. The molecule has 0 fully saturated rings. The molecule has 0 unspecified atom stereocenters. The van der Waals surface area contributed by atoms with Crippen LogP contribution < -0.4 is 10.1 Å². The summed E-state index contributed by atoms with van der Waals surface area (Å²) in [5.74, 6) is 1.73. The molecule has 4 rings (SSSR count). The van der Waals surface area contributed by atoms with E-state index in [1.54, 1.807) is 7.11 Å². The van der Waals surface area contributed by atoms with Crippen molar-refractivity contribution < 1.29 is 4.74 Å². The molecule has 0 amide bonds. The van der Waals surface area contributed by atoms with Gasteiger partial charge in [0.25, 0.3) is 0 Å². The van der Waals surface area contributed by atoms with Crippen LogP contribution in [0.1, 0.15) is 5.56 Å². The quantitative estimate of drug-likeness (QED) is 0.524. The van der Waals surface area contributed by atoms with Crippen molar-refractivity contribution in [2.75, 3.05) is 12.4 Å². The van der Waals surface area contributed by atoms with E-state index < -0.39 is 0 Å². The van der Waals surface area contributed by atoms with Crippen LogP contribution in [0.25, 0.3) is 16.9 Å². The minimum Gasteiger partial charge on any atom is -0.497 e. The molecule has 0 atom stereocenters. The average molecular weight is 364 g/mol. The summed E-state index contributed by atoms with van der Waals surface area (Å²) in [5.41, 5.74) is 3.94. The topological polar surface area (TPSA) is 38.6 Å². The molecule has 4 nitrogen and oxygen atoms in total. The number of methoxy groups -OCH3 is 1. The maximum absolute atomic E-state index is 6.21. The number of fused-ring (bicyclic) bond motifs is 1. The Hall–Kier alpha value is -2.98. The highest BCUT2D eigenvalue weighted by molar-refractivity contribution is 6.30. The molecule has 130 valence electrons. The molecule has 2 heterocycles. The van der Waals surface area contributed by atoms with E-state index in [1.807, 2.05) is 65.2 Å². The molecule has 0 bridgehead atoms. The van der Waals surface area contributed by atoms with E-state index in [1.165, 1.54) is 5.56 Å². The zero-order chi connectivity index (χ0) is 17.9. The first-order valence-electron chi connectivity index (χ1n) is 8.34. The molecular weight excluding hydrogens is 346 g/mol. The van der Waals surface area contributed by atoms with Crippen molar-refractivity contribution in [1.82, 2.24) is 9.38 Å². The Bertz CT molecular complexity index is 1030. The first-order chi connectivity index (χ1) is 12.7. The highest BCUT2D eigenvalue weighted by Gasteiger charge is 2.14. The van der Waals surface area contributed by atoms with E-state index in [0.717, 1.165) is 28.5 Å². The normalized spacial score (nSPS) is 10.8. The van der Waals surface area contributed by atoms with E-state index >= 15 is 0 Å². The third-order valence-electron chi connectivity index (χ3n) is 4.25. The summed E-state index contributed by atoms with van der Waals surface area (Å²) in [6.45, 7) is 0.699. The van der Waals surface area contributed by atoms with E-state index in [9.17, 15) is 0 Å². The van der Waals surface area contributed by atoms with Crippen LogP contribution in [0.2, 0.25) is 5.02 Å². The summed E-state index contributed by atoms with van der Waals surface area (Å²) in [7, 11) is 1.66. The first kappa shape index (κ1) is 16.5. The van der Waals surface area contributed by atoms with Gasteiger partial charge in [0.2, 0.25) is 0 Å². The molecular formula is C21H18ClN3O. The number of imidazole rings is 1. The van der Waals surface area contributed by atoms with Gasteiger partial charge in [-0.1, -0.05) is 41.9 Å². The number of nitrogens with one attached hydrogen (secondary N) is 1. The van der Waals surface area contributed by atoms with Crippen molar-refractivity contribution in [1.29, 1.82) is 0 Å². The van der Waals surface area contributed by atoms with E-state index in [4.69, 9.17) is 21.3 Å². The predicted molar refractivity (Wildman–Crippen MR) is 106 cm³/mol. The molecule has 2 aromatic carbocycles. The van der Waals surface area contributed by atoms with Gasteiger partial charge in [0.15, 0.2) is 0 Å². The summed E-state index contributed by atoms with van der Waals surface area (Å²) in [6, 6.07) is 21.9. The number of hydrogen-bond acceptors (Lipinski definition) is 3. The minimum atomic E-state index is 0.666. The van der Waals surface area contributed by atoms with Gasteiger partial charge in [0.05, 0.1) is 12.1 Å². The lowest BCUT2D eigenvalue weighted by Crippen LogP contribution is -2.03. The van der Waals surface area contributed by atoms with Gasteiger partial charge in [-0.25, -0.2) is 4.98 Å². The third-order valence-corrected chi connectivity index (χ3v) is 4.47. The number of nitrogens with zero attached hydrogens (tertiary/aromatic N) is 2. The lowest BCUT2D eigenvalue weighted by molar-refractivity contribution is 0.415. The Balaban J connectivity index is 1.77. The third kappa shape index (κ3) is 3.24. The van der Waals surface area contributed by atoms with Gasteiger partial charge in [-0.05, 0) is 42.0 Å². The molecule has 0 radical (unpaired) electrons. The minimum absolute atomic E-state index is 0.666. The summed E-state index contributed by atoms with van der Waals surface area (Å²) >= 11 is 6.21. The van der Waals surface area contributed by atoms with E-state index in [0.29, 0.717) is 11.6 Å². The Labute approximate surface area is 157 Å². The zero-order valence-corrected chi connectivity index (χ0v) is 15.1. The summed E-state index contributed by atoms with van der Waals surface area (Å²) < 4.78 is 7.25. The van der Waals surface area contributed by atoms with Gasteiger partial charge in [0.1, 0.15) is 22.9 Å². The molecule has 0 aliphatic heterocycles. The van der Waals surface area contributed by atoms with Crippen molar-refractivity contribution in [3.63, 3.8) is 0 Å². The summed E-state index contributed by atoms with van der Waals surface area (Å²) in [5, 5.41) is 4.18. The molecule has 0 saturated carbocycles. The van der Waals surface area contributed by atoms with Crippen LogP contribution in [-0.4, -0.2) is 16.5 Å². The van der Waals surface area contributed by atoms with Crippen LogP contribution in [0, 0.1) is 0 Å².